The highest BCUT2D eigenvalue weighted by Crippen LogP contribution is 2.36. The van der Waals surface area contributed by atoms with Gasteiger partial charge in [0.05, 0.1) is 0 Å². The van der Waals surface area contributed by atoms with Gasteiger partial charge in [0.25, 0.3) is 0 Å². The average molecular weight is 265 g/mol. The van der Waals surface area contributed by atoms with Crippen molar-refractivity contribution < 1.29 is 0 Å². The molecular formula is C9H16IN. The molecule has 11 heavy (non-hydrogen) atoms. The average Bonchev–Trinajstić information content (AvgIpc) is 2.04. The summed E-state index contributed by atoms with van der Waals surface area (Å²) in [5.41, 5.74) is 0. The minimum absolute atomic E-state index is 1.05. The van der Waals surface area contributed by atoms with Crippen molar-refractivity contribution >= 4 is 22.9 Å². The second kappa shape index (κ2) is 3.60. The van der Waals surface area contributed by atoms with E-state index in [2.05, 4.69) is 26.0 Å². The molecule has 2 aliphatic rings. The summed E-state index contributed by atoms with van der Waals surface area (Å²) in [4.78, 5) is 0. The Morgan fingerprint density at radius 1 is 1.00 bits per heavy atom. The molecule has 2 rings (SSSR count). The minimum atomic E-state index is 1.05. The monoisotopic (exact) mass is 265 g/mol. The Bertz CT molecular complexity index is 138. The quantitative estimate of drug-likeness (QED) is 0.481. The molecular weight excluding hydrogens is 249 g/mol. The van der Waals surface area contributed by atoms with Crippen LogP contribution in [0.3, 0.4) is 0 Å². The van der Waals surface area contributed by atoms with Gasteiger partial charge >= 0.3 is 0 Å². The molecule has 1 heterocycles. The van der Waals surface area contributed by atoms with Crippen molar-refractivity contribution in [3.63, 3.8) is 0 Å². The predicted molar refractivity (Wildman–Crippen MR) is 55.7 cm³/mol. The van der Waals surface area contributed by atoms with Gasteiger partial charge < -0.3 is 0 Å². The van der Waals surface area contributed by atoms with Gasteiger partial charge in [0.2, 0.25) is 0 Å². The summed E-state index contributed by atoms with van der Waals surface area (Å²) in [6, 6.07) is 0. The van der Waals surface area contributed by atoms with Crippen LogP contribution in [0.4, 0.5) is 0 Å². The van der Waals surface area contributed by atoms with E-state index >= 15 is 0 Å². The Kier molecular flexibility index (Phi) is 2.72. The zero-order chi connectivity index (χ0) is 7.68. The molecule has 0 aromatic carbocycles. The van der Waals surface area contributed by atoms with Crippen molar-refractivity contribution in [2.45, 2.75) is 32.1 Å². The Labute approximate surface area is 83.0 Å². The lowest BCUT2D eigenvalue weighted by molar-refractivity contribution is 0.151. The molecule has 1 nitrogen and oxygen atoms in total. The van der Waals surface area contributed by atoms with E-state index in [4.69, 9.17) is 0 Å². The SMILES string of the molecule is IN1CCC2CCCCC2C1. The van der Waals surface area contributed by atoms with Crippen LogP contribution < -0.4 is 0 Å². The summed E-state index contributed by atoms with van der Waals surface area (Å²) < 4.78 is 2.48. The van der Waals surface area contributed by atoms with Crippen LogP contribution in [-0.2, 0) is 0 Å². The van der Waals surface area contributed by atoms with Crippen molar-refractivity contribution in [1.82, 2.24) is 3.11 Å². The van der Waals surface area contributed by atoms with Crippen LogP contribution in [0.25, 0.3) is 0 Å². The lowest BCUT2D eigenvalue weighted by atomic mass is 9.76. The first-order valence-corrected chi connectivity index (χ1v) is 5.73. The lowest BCUT2D eigenvalue weighted by Crippen LogP contribution is -2.36. The van der Waals surface area contributed by atoms with Crippen molar-refractivity contribution in [2.24, 2.45) is 11.8 Å². The maximum Gasteiger partial charge on any atom is 0.0201 e. The standard InChI is InChI=1S/C9H16IN/c10-11-6-5-8-3-1-2-4-9(8)7-11/h8-9H,1-7H2. The molecule has 0 N–H and O–H groups in total. The van der Waals surface area contributed by atoms with Gasteiger partial charge in [-0.15, -0.1) is 0 Å². The van der Waals surface area contributed by atoms with Crippen LogP contribution in [0.15, 0.2) is 0 Å². The number of halogens is 1. The third kappa shape index (κ3) is 1.89. The number of piperidine rings is 1. The second-order valence-corrected chi connectivity index (χ2v) is 5.33. The summed E-state index contributed by atoms with van der Waals surface area (Å²) in [6.45, 7) is 2.70. The number of rotatable bonds is 0. The first kappa shape index (κ1) is 8.30. The summed E-state index contributed by atoms with van der Waals surface area (Å²) in [6.07, 6.45) is 7.49. The molecule has 0 radical (unpaired) electrons. The third-order valence-electron chi connectivity index (χ3n) is 3.24. The second-order valence-electron chi connectivity index (χ2n) is 3.96. The van der Waals surface area contributed by atoms with Crippen LogP contribution in [0.2, 0.25) is 0 Å². The molecule has 1 saturated heterocycles. The summed E-state index contributed by atoms with van der Waals surface area (Å²) >= 11 is 2.48. The van der Waals surface area contributed by atoms with Crippen molar-refractivity contribution in [1.29, 1.82) is 0 Å². The van der Waals surface area contributed by atoms with Crippen LogP contribution in [0, 0.1) is 11.8 Å². The fraction of sp³-hybridized carbons (Fsp3) is 1.00. The van der Waals surface area contributed by atoms with E-state index in [1.54, 1.807) is 0 Å². The number of fused-ring (bicyclic) bond motifs is 1. The Hall–Kier alpha value is 0.690. The molecule has 0 amide bonds. The molecule has 0 spiro atoms. The molecule has 0 aromatic heterocycles. The predicted octanol–water partition coefficient (Wildman–Crippen LogP) is 2.85. The molecule has 64 valence electrons. The van der Waals surface area contributed by atoms with Crippen LogP contribution >= 0.6 is 22.9 Å². The van der Waals surface area contributed by atoms with E-state index in [0.29, 0.717) is 0 Å². The molecule has 0 bridgehead atoms. The fourth-order valence-electron chi connectivity index (χ4n) is 2.56. The van der Waals surface area contributed by atoms with Crippen molar-refractivity contribution in [3.05, 3.63) is 0 Å². The van der Waals surface area contributed by atoms with E-state index in [1.165, 1.54) is 45.2 Å². The van der Waals surface area contributed by atoms with Gasteiger partial charge in [0.1, 0.15) is 0 Å². The van der Waals surface area contributed by atoms with Gasteiger partial charge in [-0.05, 0) is 24.7 Å². The van der Waals surface area contributed by atoms with Gasteiger partial charge in [-0.25, -0.2) is 3.11 Å². The van der Waals surface area contributed by atoms with E-state index in [9.17, 15) is 0 Å². The maximum atomic E-state index is 2.48. The Morgan fingerprint density at radius 3 is 2.55 bits per heavy atom. The summed E-state index contributed by atoms with van der Waals surface area (Å²) in [7, 11) is 0. The van der Waals surface area contributed by atoms with Crippen LogP contribution in [0.1, 0.15) is 32.1 Å². The Balaban J connectivity index is 1.93. The van der Waals surface area contributed by atoms with Gasteiger partial charge in [-0.3, -0.25) is 0 Å². The van der Waals surface area contributed by atoms with E-state index in [-0.39, 0.29) is 0 Å². The number of hydrogen-bond acceptors (Lipinski definition) is 1. The van der Waals surface area contributed by atoms with Crippen LogP contribution in [0.5, 0.6) is 0 Å². The normalized spacial score (nSPS) is 40.1. The van der Waals surface area contributed by atoms with Gasteiger partial charge in [0.15, 0.2) is 0 Å². The van der Waals surface area contributed by atoms with Crippen molar-refractivity contribution in [2.75, 3.05) is 13.1 Å². The zero-order valence-electron chi connectivity index (χ0n) is 6.93. The topological polar surface area (TPSA) is 3.24 Å². The van der Waals surface area contributed by atoms with Gasteiger partial charge in [-0.2, -0.15) is 0 Å². The molecule has 1 aliphatic carbocycles. The highest BCUT2D eigenvalue weighted by atomic mass is 127. The molecule has 2 heteroatoms. The maximum absolute atomic E-state index is 2.48. The molecule has 2 unspecified atom stereocenters. The van der Waals surface area contributed by atoms with Gasteiger partial charge in [0, 0.05) is 36.0 Å². The van der Waals surface area contributed by atoms with Crippen LogP contribution in [-0.4, -0.2) is 16.2 Å². The lowest BCUT2D eigenvalue weighted by Gasteiger charge is -2.38. The van der Waals surface area contributed by atoms with E-state index in [1.807, 2.05) is 0 Å². The minimum Gasteiger partial charge on any atom is -0.247 e. The van der Waals surface area contributed by atoms with Gasteiger partial charge in [-0.1, -0.05) is 19.3 Å². The fourth-order valence-corrected chi connectivity index (χ4v) is 3.34. The zero-order valence-corrected chi connectivity index (χ0v) is 9.09. The molecule has 1 aliphatic heterocycles. The van der Waals surface area contributed by atoms with E-state index < -0.39 is 0 Å². The largest absolute Gasteiger partial charge is 0.247 e. The third-order valence-corrected chi connectivity index (χ3v) is 4.12. The first-order valence-electron chi connectivity index (χ1n) is 4.77. The van der Waals surface area contributed by atoms with Crippen molar-refractivity contribution in [3.8, 4) is 0 Å². The van der Waals surface area contributed by atoms with E-state index in [0.717, 1.165) is 11.8 Å². The molecule has 2 atom stereocenters. The Morgan fingerprint density at radius 2 is 1.73 bits per heavy atom. The highest BCUT2D eigenvalue weighted by molar-refractivity contribution is 14.1. The molecule has 2 fully saturated rings. The number of hydrogen-bond donors (Lipinski definition) is 0. The first-order chi connectivity index (χ1) is 5.36. The smallest absolute Gasteiger partial charge is 0.0201 e. The molecule has 0 aromatic rings. The summed E-state index contributed by atoms with van der Waals surface area (Å²) in [5, 5.41) is 0. The molecule has 1 saturated carbocycles. The number of nitrogens with zero attached hydrogens (tertiary/aromatic N) is 1. The summed E-state index contributed by atoms with van der Waals surface area (Å²) in [5.74, 6) is 2.14. The highest BCUT2D eigenvalue weighted by Gasteiger charge is 2.29.